The molecule has 1 heterocycles. The Morgan fingerprint density at radius 1 is 1.07 bits per heavy atom. The molecule has 0 saturated heterocycles. The van der Waals surface area contributed by atoms with Gasteiger partial charge in [0.15, 0.2) is 5.16 Å². The summed E-state index contributed by atoms with van der Waals surface area (Å²) in [5.41, 5.74) is 1.87. The van der Waals surface area contributed by atoms with E-state index in [0.717, 1.165) is 5.56 Å². The van der Waals surface area contributed by atoms with Crippen LogP contribution in [0.3, 0.4) is 0 Å². The van der Waals surface area contributed by atoms with Crippen molar-refractivity contribution in [1.82, 2.24) is 15.2 Å². The fourth-order valence-electron chi connectivity index (χ4n) is 2.30. The molecule has 1 aromatic heterocycles. The topological polar surface area (TPSA) is 82.7 Å². The molecule has 3 N–H and O–H groups in total. The summed E-state index contributed by atoms with van der Waals surface area (Å²) in [5.74, 6) is 0.247. The fraction of sp³-hybridized carbons (Fsp3) is 0.167. The van der Waals surface area contributed by atoms with Crippen LogP contribution in [0, 0.1) is 0 Å². The number of aromatic amines is 1. The molecule has 0 unspecified atom stereocenters. The van der Waals surface area contributed by atoms with Gasteiger partial charge in [-0.15, -0.1) is 0 Å². The Morgan fingerprint density at radius 2 is 1.79 bits per heavy atom. The van der Waals surface area contributed by atoms with E-state index in [2.05, 4.69) is 25.8 Å². The number of hydrogen-bond donors (Lipinski definition) is 3. The molecule has 146 valence electrons. The van der Waals surface area contributed by atoms with E-state index in [4.69, 9.17) is 0 Å². The van der Waals surface area contributed by atoms with E-state index in [0.29, 0.717) is 16.5 Å². The number of H-pyrrole nitrogens is 1. The van der Waals surface area contributed by atoms with Gasteiger partial charge in [-0.05, 0) is 29.8 Å². The standard InChI is InChI=1S/C18H16F3N5OS/c19-18(20,21)10-22-14-3-1-2-4-15(14)25-16(27)13-7-5-12(6-8-13)9-28-17-23-11-24-26-17/h1-8,11,22H,9-10H2,(H,25,27)(H,23,24,26). The molecule has 0 saturated carbocycles. The van der Waals surface area contributed by atoms with Gasteiger partial charge >= 0.3 is 6.18 Å². The van der Waals surface area contributed by atoms with Crippen LogP contribution in [0.4, 0.5) is 24.5 Å². The first-order chi connectivity index (χ1) is 13.4. The summed E-state index contributed by atoms with van der Waals surface area (Å²) in [6.07, 6.45) is -2.92. The van der Waals surface area contributed by atoms with Crippen LogP contribution in [0.2, 0.25) is 0 Å². The zero-order valence-corrected chi connectivity index (χ0v) is 15.3. The summed E-state index contributed by atoms with van der Waals surface area (Å²) in [7, 11) is 0. The number of thioether (sulfide) groups is 1. The van der Waals surface area contributed by atoms with Crippen LogP contribution in [0.25, 0.3) is 0 Å². The van der Waals surface area contributed by atoms with Crippen molar-refractivity contribution in [3.63, 3.8) is 0 Å². The molecule has 0 radical (unpaired) electrons. The zero-order chi connectivity index (χ0) is 20.0. The Labute approximate surface area is 163 Å². The fourth-order valence-corrected chi connectivity index (χ4v) is 3.04. The minimum absolute atomic E-state index is 0.202. The molecule has 6 nitrogen and oxygen atoms in total. The first kappa shape index (κ1) is 19.7. The van der Waals surface area contributed by atoms with Gasteiger partial charge in [-0.25, -0.2) is 4.98 Å². The molecule has 1 amide bonds. The number of para-hydroxylation sites is 2. The van der Waals surface area contributed by atoms with Gasteiger partial charge in [-0.2, -0.15) is 18.3 Å². The lowest BCUT2D eigenvalue weighted by molar-refractivity contribution is -0.115. The van der Waals surface area contributed by atoms with Crippen molar-refractivity contribution in [2.75, 3.05) is 17.2 Å². The third-order valence-electron chi connectivity index (χ3n) is 3.64. The summed E-state index contributed by atoms with van der Waals surface area (Å²) >= 11 is 1.48. The third-order valence-corrected chi connectivity index (χ3v) is 4.59. The zero-order valence-electron chi connectivity index (χ0n) is 14.5. The average Bonchev–Trinajstić information content (AvgIpc) is 3.19. The highest BCUT2D eigenvalue weighted by atomic mass is 32.2. The summed E-state index contributed by atoms with van der Waals surface area (Å²) in [6.45, 7) is -1.18. The molecule has 0 aliphatic heterocycles. The van der Waals surface area contributed by atoms with Gasteiger partial charge in [0.25, 0.3) is 5.91 Å². The van der Waals surface area contributed by atoms with Gasteiger partial charge in [0, 0.05) is 11.3 Å². The van der Waals surface area contributed by atoms with Gasteiger partial charge in [-0.3, -0.25) is 9.89 Å². The Hall–Kier alpha value is -3.01. The summed E-state index contributed by atoms with van der Waals surface area (Å²) in [4.78, 5) is 16.5. The number of alkyl halides is 3. The molecule has 10 heteroatoms. The normalized spacial score (nSPS) is 11.2. The van der Waals surface area contributed by atoms with E-state index in [-0.39, 0.29) is 11.4 Å². The molecule has 0 atom stereocenters. The summed E-state index contributed by atoms with van der Waals surface area (Å²) < 4.78 is 37.3. The lowest BCUT2D eigenvalue weighted by atomic mass is 10.1. The molecule has 0 bridgehead atoms. The van der Waals surface area contributed by atoms with E-state index in [9.17, 15) is 18.0 Å². The Bertz CT molecular complexity index is 914. The molecular weight excluding hydrogens is 391 g/mol. The predicted molar refractivity (Wildman–Crippen MR) is 101 cm³/mol. The van der Waals surface area contributed by atoms with Gasteiger partial charge in [0.05, 0.1) is 11.4 Å². The average molecular weight is 407 g/mol. The summed E-state index contributed by atoms with van der Waals surface area (Å²) in [5, 5.41) is 12.1. The quantitative estimate of drug-likeness (QED) is 0.508. The second-order valence-corrected chi connectivity index (χ2v) is 6.71. The highest BCUT2D eigenvalue weighted by molar-refractivity contribution is 7.98. The number of benzene rings is 2. The van der Waals surface area contributed by atoms with E-state index in [1.807, 2.05) is 12.1 Å². The maximum atomic E-state index is 12.4. The van der Waals surface area contributed by atoms with E-state index in [1.165, 1.54) is 24.2 Å². The van der Waals surface area contributed by atoms with Crippen LogP contribution in [0.1, 0.15) is 15.9 Å². The molecular formula is C18H16F3N5OS. The number of carbonyl (C=O) groups excluding carboxylic acids is 1. The number of halogens is 3. The van der Waals surface area contributed by atoms with Crippen molar-refractivity contribution < 1.29 is 18.0 Å². The van der Waals surface area contributed by atoms with Gasteiger partial charge in [-0.1, -0.05) is 36.0 Å². The second kappa shape index (κ2) is 8.79. The van der Waals surface area contributed by atoms with Crippen LogP contribution < -0.4 is 10.6 Å². The Balaban J connectivity index is 1.61. The highest BCUT2D eigenvalue weighted by Crippen LogP contribution is 2.24. The van der Waals surface area contributed by atoms with Crippen LogP contribution in [-0.4, -0.2) is 33.8 Å². The number of nitrogens with one attached hydrogen (secondary N) is 3. The lowest BCUT2D eigenvalue weighted by Gasteiger charge is -2.14. The number of rotatable bonds is 7. The molecule has 2 aromatic carbocycles. The van der Waals surface area contributed by atoms with Crippen LogP contribution in [0.5, 0.6) is 0 Å². The second-order valence-electron chi connectivity index (χ2n) is 5.74. The highest BCUT2D eigenvalue weighted by Gasteiger charge is 2.27. The minimum atomic E-state index is -4.35. The maximum Gasteiger partial charge on any atom is 0.405 e. The van der Waals surface area contributed by atoms with Gasteiger partial charge in [0.2, 0.25) is 0 Å². The van der Waals surface area contributed by atoms with Crippen molar-refractivity contribution in [2.24, 2.45) is 0 Å². The van der Waals surface area contributed by atoms with Crippen molar-refractivity contribution in [3.05, 3.63) is 66.0 Å². The van der Waals surface area contributed by atoms with E-state index in [1.54, 1.807) is 30.3 Å². The van der Waals surface area contributed by atoms with E-state index < -0.39 is 18.6 Å². The summed E-state index contributed by atoms with van der Waals surface area (Å²) in [6, 6.07) is 13.2. The van der Waals surface area contributed by atoms with Crippen molar-refractivity contribution >= 4 is 29.0 Å². The van der Waals surface area contributed by atoms with Gasteiger partial charge < -0.3 is 10.6 Å². The number of anilines is 2. The number of amides is 1. The molecule has 3 aromatic rings. The van der Waals surface area contributed by atoms with Crippen molar-refractivity contribution in [3.8, 4) is 0 Å². The molecule has 0 spiro atoms. The molecule has 0 fully saturated rings. The largest absolute Gasteiger partial charge is 0.405 e. The molecule has 28 heavy (non-hydrogen) atoms. The monoisotopic (exact) mass is 407 g/mol. The number of nitrogens with zero attached hydrogens (tertiary/aromatic N) is 2. The lowest BCUT2D eigenvalue weighted by Crippen LogP contribution is -2.22. The predicted octanol–water partition coefficient (Wildman–Crippen LogP) is 4.32. The Kier molecular flexibility index (Phi) is 6.19. The smallest absolute Gasteiger partial charge is 0.375 e. The van der Waals surface area contributed by atoms with Crippen LogP contribution in [-0.2, 0) is 5.75 Å². The first-order valence-electron chi connectivity index (χ1n) is 8.19. The SMILES string of the molecule is O=C(Nc1ccccc1NCC(F)(F)F)c1ccc(CSc2ncn[nH]2)cc1. The number of carbonyl (C=O) groups is 1. The first-order valence-corrected chi connectivity index (χ1v) is 9.17. The minimum Gasteiger partial charge on any atom is -0.375 e. The Morgan fingerprint density at radius 3 is 2.43 bits per heavy atom. The molecule has 0 aliphatic carbocycles. The van der Waals surface area contributed by atoms with Crippen LogP contribution >= 0.6 is 11.8 Å². The van der Waals surface area contributed by atoms with Crippen molar-refractivity contribution in [1.29, 1.82) is 0 Å². The number of hydrogen-bond acceptors (Lipinski definition) is 5. The van der Waals surface area contributed by atoms with E-state index >= 15 is 0 Å². The molecule has 0 aliphatic rings. The third kappa shape index (κ3) is 5.74. The van der Waals surface area contributed by atoms with Gasteiger partial charge in [0.1, 0.15) is 12.9 Å². The van der Waals surface area contributed by atoms with Crippen LogP contribution in [0.15, 0.2) is 60.0 Å². The maximum absolute atomic E-state index is 12.4. The van der Waals surface area contributed by atoms with Crippen molar-refractivity contribution in [2.45, 2.75) is 17.1 Å². The molecule has 3 rings (SSSR count). The number of aromatic nitrogens is 3.